The number of nitrogens with two attached hydrogens (primary N) is 1. The Morgan fingerprint density at radius 1 is 1.25 bits per heavy atom. The van der Waals surface area contributed by atoms with Gasteiger partial charge in [0.1, 0.15) is 11.9 Å². The molecule has 2 aromatic heterocycles. The maximum absolute atomic E-state index is 11.9. The third-order valence-corrected chi connectivity index (χ3v) is 3.87. The number of rotatable bonds is 3. The number of benzene rings is 1. The van der Waals surface area contributed by atoms with Gasteiger partial charge in [0, 0.05) is 6.54 Å². The van der Waals surface area contributed by atoms with Gasteiger partial charge in [-0.15, -0.1) is 0 Å². The highest BCUT2D eigenvalue weighted by Crippen LogP contribution is 2.24. The van der Waals surface area contributed by atoms with E-state index in [0.29, 0.717) is 30.7 Å². The minimum atomic E-state index is -0.333. The van der Waals surface area contributed by atoms with Crippen molar-refractivity contribution in [3.8, 4) is 5.95 Å². The van der Waals surface area contributed by atoms with Crippen LogP contribution in [0.2, 0.25) is 0 Å². The van der Waals surface area contributed by atoms with Gasteiger partial charge in [0.15, 0.2) is 0 Å². The highest BCUT2D eigenvalue weighted by Gasteiger charge is 2.26. The van der Waals surface area contributed by atoms with Crippen LogP contribution in [0.25, 0.3) is 17.0 Å². The van der Waals surface area contributed by atoms with Gasteiger partial charge in [-0.05, 0) is 25.5 Å². The number of anilines is 2. The van der Waals surface area contributed by atoms with E-state index in [1.54, 1.807) is 11.5 Å². The first-order valence-electron chi connectivity index (χ1n) is 7.62. The number of aromatic nitrogens is 5. The summed E-state index contributed by atoms with van der Waals surface area (Å²) in [7, 11) is 0. The lowest BCUT2D eigenvalue weighted by atomic mass is 10.2. The molecule has 9 heteroatoms. The second kappa shape index (κ2) is 5.44. The van der Waals surface area contributed by atoms with Crippen LogP contribution in [0.3, 0.4) is 0 Å². The third-order valence-electron chi connectivity index (χ3n) is 3.87. The van der Waals surface area contributed by atoms with Crippen LogP contribution in [-0.4, -0.2) is 43.0 Å². The molecule has 9 nitrogen and oxygen atoms in total. The van der Waals surface area contributed by atoms with Crippen LogP contribution in [0, 0.1) is 6.92 Å². The van der Waals surface area contributed by atoms with Crippen molar-refractivity contribution >= 4 is 28.8 Å². The molecule has 1 fully saturated rings. The molecule has 1 saturated heterocycles. The quantitative estimate of drug-likeness (QED) is 0.637. The zero-order valence-corrected chi connectivity index (χ0v) is 13.0. The van der Waals surface area contributed by atoms with Crippen LogP contribution >= 0.6 is 0 Å². The Bertz CT molecular complexity index is 914. The van der Waals surface area contributed by atoms with Crippen molar-refractivity contribution in [2.24, 2.45) is 0 Å². The Labute approximate surface area is 137 Å². The number of carbonyl (C=O) groups is 1. The van der Waals surface area contributed by atoms with E-state index >= 15 is 0 Å². The average Bonchev–Trinajstić information content (AvgIpc) is 3.10. The molecule has 0 bridgehead atoms. The first-order chi connectivity index (χ1) is 11.6. The van der Waals surface area contributed by atoms with E-state index in [2.05, 4.69) is 30.6 Å². The fourth-order valence-electron chi connectivity index (χ4n) is 2.80. The molecule has 4 rings (SSSR count). The predicted molar refractivity (Wildman–Crippen MR) is 88.6 cm³/mol. The lowest BCUT2D eigenvalue weighted by Crippen LogP contribution is -2.30. The molecule has 1 aromatic carbocycles. The minimum Gasteiger partial charge on any atom is -0.368 e. The molecule has 1 aliphatic rings. The second-order valence-corrected chi connectivity index (χ2v) is 5.58. The first-order valence-corrected chi connectivity index (χ1v) is 7.62. The summed E-state index contributed by atoms with van der Waals surface area (Å²) in [6.45, 7) is 2.40. The zero-order chi connectivity index (χ0) is 16.7. The molecule has 1 unspecified atom stereocenters. The van der Waals surface area contributed by atoms with Gasteiger partial charge in [-0.1, -0.05) is 12.1 Å². The number of fused-ring (bicyclic) bond motifs is 1. The Kier molecular flexibility index (Phi) is 3.26. The van der Waals surface area contributed by atoms with E-state index < -0.39 is 0 Å². The normalized spacial score (nSPS) is 17.2. The monoisotopic (exact) mass is 324 g/mol. The van der Waals surface area contributed by atoms with Gasteiger partial charge in [-0.3, -0.25) is 4.79 Å². The molecule has 3 heterocycles. The van der Waals surface area contributed by atoms with Gasteiger partial charge in [0.2, 0.25) is 23.8 Å². The molecule has 0 spiro atoms. The van der Waals surface area contributed by atoms with Crippen molar-refractivity contribution in [2.75, 3.05) is 17.6 Å². The highest BCUT2D eigenvalue weighted by atomic mass is 16.2. The summed E-state index contributed by atoms with van der Waals surface area (Å²) in [5, 5.41) is 5.99. The fraction of sp³-hybridized carbons (Fsp3) is 0.267. The Morgan fingerprint density at radius 3 is 2.83 bits per heavy atom. The molecule has 0 aliphatic carbocycles. The van der Waals surface area contributed by atoms with Crippen molar-refractivity contribution in [3.63, 3.8) is 0 Å². The second-order valence-electron chi connectivity index (χ2n) is 5.58. The number of nitrogens with zero attached hydrogens (tertiary/aromatic N) is 5. The van der Waals surface area contributed by atoms with E-state index in [-0.39, 0.29) is 17.9 Å². The number of nitrogens with one attached hydrogen (secondary N) is 2. The number of carbonyl (C=O) groups excluding carboxylic acids is 1. The van der Waals surface area contributed by atoms with Gasteiger partial charge in [-0.2, -0.15) is 15.0 Å². The van der Waals surface area contributed by atoms with Crippen molar-refractivity contribution in [1.29, 1.82) is 0 Å². The van der Waals surface area contributed by atoms with E-state index in [1.807, 2.05) is 24.3 Å². The Balaban J connectivity index is 1.88. The largest absolute Gasteiger partial charge is 0.368 e. The van der Waals surface area contributed by atoms with Crippen LogP contribution in [0.1, 0.15) is 12.2 Å². The molecule has 0 radical (unpaired) electrons. The van der Waals surface area contributed by atoms with Gasteiger partial charge in [0.05, 0.1) is 11.0 Å². The molecule has 1 aliphatic heterocycles. The van der Waals surface area contributed by atoms with Crippen LogP contribution in [0.5, 0.6) is 0 Å². The number of amides is 1. The van der Waals surface area contributed by atoms with Gasteiger partial charge in [-0.25, -0.2) is 9.55 Å². The summed E-state index contributed by atoms with van der Waals surface area (Å²) in [6, 6.07) is 7.28. The lowest BCUT2D eigenvalue weighted by Gasteiger charge is -2.13. The Hall–Kier alpha value is -3.23. The van der Waals surface area contributed by atoms with Crippen LogP contribution in [-0.2, 0) is 4.79 Å². The molecule has 1 amide bonds. The zero-order valence-electron chi connectivity index (χ0n) is 13.0. The molecule has 0 saturated carbocycles. The molecule has 24 heavy (non-hydrogen) atoms. The summed E-state index contributed by atoms with van der Waals surface area (Å²) >= 11 is 0. The topological polar surface area (TPSA) is 124 Å². The summed E-state index contributed by atoms with van der Waals surface area (Å²) in [5.41, 5.74) is 7.36. The summed E-state index contributed by atoms with van der Waals surface area (Å²) in [6.07, 6.45) is 0.695. The highest BCUT2D eigenvalue weighted by molar-refractivity contribution is 5.87. The Morgan fingerprint density at radius 2 is 2.08 bits per heavy atom. The third kappa shape index (κ3) is 2.39. The SMILES string of the molecule is Cc1nc(N)nc(-n2c(NC3CCNC3=O)nc3ccccc32)n1. The maximum atomic E-state index is 11.9. The predicted octanol–water partition coefficient (Wildman–Crippen LogP) is 0.402. The van der Waals surface area contributed by atoms with E-state index in [1.165, 1.54) is 0 Å². The minimum absolute atomic E-state index is 0.0417. The van der Waals surface area contributed by atoms with Crippen molar-refractivity contribution < 1.29 is 4.79 Å². The number of aryl methyl sites for hydroxylation is 1. The number of hydrogen-bond donors (Lipinski definition) is 3. The van der Waals surface area contributed by atoms with Crippen molar-refractivity contribution in [2.45, 2.75) is 19.4 Å². The van der Waals surface area contributed by atoms with Gasteiger partial charge < -0.3 is 16.4 Å². The molecule has 1 atom stereocenters. The van der Waals surface area contributed by atoms with Crippen molar-refractivity contribution in [1.82, 2.24) is 29.8 Å². The number of imidazole rings is 1. The standard InChI is InChI=1S/C15H16N8O/c1-8-18-13(16)22-14(19-8)23-11-5-3-2-4-9(11)20-15(23)21-10-6-7-17-12(10)24/h2-5,10H,6-7H2,1H3,(H,17,24)(H,20,21)(H2,16,18,19,22). The van der Waals surface area contributed by atoms with Gasteiger partial charge in [0.25, 0.3) is 0 Å². The van der Waals surface area contributed by atoms with E-state index in [0.717, 1.165) is 11.0 Å². The summed E-state index contributed by atoms with van der Waals surface area (Å²) in [5.74, 6) is 1.48. The molecule has 122 valence electrons. The average molecular weight is 324 g/mol. The van der Waals surface area contributed by atoms with Crippen molar-refractivity contribution in [3.05, 3.63) is 30.1 Å². The summed E-state index contributed by atoms with van der Waals surface area (Å²) < 4.78 is 1.76. The summed E-state index contributed by atoms with van der Waals surface area (Å²) in [4.78, 5) is 29.0. The lowest BCUT2D eigenvalue weighted by molar-refractivity contribution is -0.119. The van der Waals surface area contributed by atoms with Crippen LogP contribution < -0.4 is 16.4 Å². The smallest absolute Gasteiger partial charge is 0.242 e. The fourth-order valence-corrected chi connectivity index (χ4v) is 2.80. The molecule has 3 aromatic rings. The number of nitrogen functional groups attached to an aromatic ring is 1. The number of hydrogen-bond acceptors (Lipinski definition) is 7. The molecule has 4 N–H and O–H groups in total. The first kappa shape index (κ1) is 14.4. The molecular formula is C15H16N8O. The van der Waals surface area contributed by atoms with Gasteiger partial charge >= 0.3 is 0 Å². The molecular weight excluding hydrogens is 308 g/mol. The number of para-hydroxylation sites is 2. The van der Waals surface area contributed by atoms with Crippen LogP contribution in [0.4, 0.5) is 11.9 Å². The van der Waals surface area contributed by atoms with E-state index in [9.17, 15) is 4.79 Å². The maximum Gasteiger partial charge on any atom is 0.242 e. The van der Waals surface area contributed by atoms with E-state index in [4.69, 9.17) is 5.73 Å². The van der Waals surface area contributed by atoms with Crippen LogP contribution in [0.15, 0.2) is 24.3 Å².